The van der Waals surface area contributed by atoms with E-state index in [1.54, 1.807) is 25.1 Å². The van der Waals surface area contributed by atoms with Crippen LogP contribution in [0.3, 0.4) is 0 Å². The lowest BCUT2D eigenvalue weighted by Gasteiger charge is -2.11. The number of rotatable bonds is 3. The van der Waals surface area contributed by atoms with Crippen LogP contribution in [-0.4, -0.2) is 15.5 Å². The van der Waals surface area contributed by atoms with Gasteiger partial charge in [0.15, 0.2) is 0 Å². The van der Waals surface area contributed by atoms with Crippen LogP contribution in [0.15, 0.2) is 33.7 Å². The fraction of sp³-hybridized carbons (Fsp3) is 0.214. The predicted octanol–water partition coefficient (Wildman–Crippen LogP) is 1.84. The SMILES string of the molecule is Cc1cc(N)ccc1NC(=O)Cn1c(C)ncc(Br)c1=O. The molecule has 2 rings (SSSR count). The zero-order valence-corrected chi connectivity index (χ0v) is 13.3. The van der Waals surface area contributed by atoms with E-state index < -0.39 is 0 Å². The number of amides is 1. The summed E-state index contributed by atoms with van der Waals surface area (Å²) in [5.41, 5.74) is 7.54. The van der Waals surface area contributed by atoms with Crippen LogP contribution in [0.5, 0.6) is 0 Å². The second-order valence-electron chi connectivity index (χ2n) is 4.67. The van der Waals surface area contributed by atoms with Crippen LogP contribution < -0.4 is 16.6 Å². The summed E-state index contributed by atoms with van der Waals surface area (Å²) in [6.07, 6.45) is 1.43. The van der Waals surface area contributed by atoms with Gasteiger partial charge in [-0.25, -0.2) is 4.98 Å². The van der Waals surface area contributed by atoms with Gasteiger partial charge < -0.3 is 11.1 Å². The minimum absolute atomic E-state index is 0.0963. The summed E-state index contributed by atoms with van der Waals surface area (Å²) < 4.78 is 1.64. The third-order valence-corrected chi connectivity index (χ3v) is 3.58. The Kier molecular flexibility index (Phi) is 4.42. The van der Waals surface area contributed by atoms with E-state index in [4.69, 9.17) is 5.73 Å². The number of halogens is 1. The molecule has 0 aliphatic heterocycles. The number of aromatic nitrogens is 2. The largest absolute Gasteiger partial charge is 0.399 e. The Bertz CT molecular complexity index is 755. The molecule has 3 N–H and O–H groups in total. The molecule has 7 heteroatoms. The van der Waals surface area contributed by atoms with Crippen LogP contribution in [0.2, 0.25) is 0 Å². The summed E-state index contributed by atoms with van der Waals surface area (Å²) in [7, 11) is 0. The van der Waals surface area contributed by atoms with Gasteiger partial charge in [0.1, 0.15) is 16.8 Å². The minimum Gasteiger partial charge on any atom is -0.399 e. The molecular weight excluding hydrogens is 336 g/mol. The highest BCUT2D eigenvalue weighted by molar-refractivity contribution is 9.10. The fourth-order valence-corrected chi connectivity index (χ4v) is 2.21. The number of carbonyl (C=O) groups excluding carboxylic acids is 1. The first-order chi connectivity index (χ1) is 9.88. The number of nitrogens with two attached hydrogens (primary N) is 1. The standard InChI is InChI=1S/C14H15BrN4O2/c1-8-5-10(16)3-4-12(8)18-13(20)7-19-9(2)17-6-11(15)14(19)21/h3-6H,7,16H2,1-2H3,(H,18,20). The van der Waals surface area contributed by atoms with Crippen LogP contribution in [0.4, 0.5) is 11.4 Å². The van der Waals surface area contributed by atoms with Gasteiger partial charge in [-0.05, 0) is 53.5 Å². The molecule has 0 aliphatic carbocycles. The van der Waals surface area contributed by atoms with Crippen LogP contribution in [-0.2, 0) is 11.3 Å². The first-order valence-electron chi connectivity index (χ1n) is 6.26. The summed E-state index contributed by atoms with van der Waals surface area (Å²) in [5.74, 6) is 0.181. The Morgan fingerprint density at radius 3 is 2.81 bits per heavy atom. The topological polar surface area (TPSA) is 90.0 Å². The molecule has 1 amide bonds. The van der Waals surface area contributed by atoms with Crippen molar-refractivity contribution in [3.63, 3.8) is 0 Å². The average Bonchev–Trinajstić information content (AvgIpc) is 2.42. The van der Waals surface area contributed by atoms with Gasteiger partial charge in [0.2, 0.25) is 5.91 Å². The van der Waals surface area contributed by atoms with Gasteiger partial charge in [-0.1, -0.05) is 0 Å². The van der Waals surface area contributed by atoms with Crippen molar-refractivity contribution in [1.82, 2.24) is 9.55 Å². The predicted molar refractivity (Wildman–Crippen MR) is 85.2 cm³/mol. The quantitative estimate of drug-likeness (QED) is 0.826. The maximum Gasteiger partial charge on any atom is 0.268 e. The van der Waals surface area contributed by atoms with Crippen molar-refractivity contribution in [3.05, 3.63) is 50.6 Å². The molecule has 0 spiro atoms. The second kappa shape index (κ2) is 6.09. The Balaban J connectivity index is 2.20. The number of hydrogen-bond acceptors (Lipinski definition) is 4. The number of nitrogens with one attached hydrogen (secondary N) is 1. The summed E-state index contributed by atoms with van der Waals surface area (Å²) in [4.78, 5) is 28.1. The summed E-state index contributed by atoms with van der Waals surface area (Å²) in [5, 5.41) is 2.76. The van der Waals surface area contributed by atoms with Crippen molar-refractivity contribution in [2.75, 3.05) is 11.1 Å². The van der Waals surface area contributed by atoms with Crippen molar-refractivity contribution in [3.8, 4) is 0 Å². The number of nitrogens with zero attached hydrogens (tertiary/aromatic N) is 2. The molecule has 110 valence electrons. The highest BCUT2D eigenvalue weighted by atomic mass is 79.9. The summed E-state index contributed by atoms with van der Waals surface area (Å²) in [6.45, 7) is 3.43. The molecule has 1 heterocycles. The molecule has 0 bridgehead atoms. The van der Waals surface area contributed by atoms with E-state index in [9.17, 15) is 9.59 Å². The number of benzene rings is 1. The van der Waals surface area contributed by atoms with E-state index >= 15 is 0 Å². The molecule has 21 heavy (non-hydrogen) atoms. The van der Waals surface area contributed by atoms with E-state index in [1.807, 2.05) is 6.92 Å². The van der Waals surface area contributed by atoms with Crippen molar-refractivity contribution in [1.29, 1.82) is 0 Å². The molecule has 0 aliphatic rings. The smallest absolute Gasteiger partial charge is 0.268 e. The second-order valence-corrected chi connectivity index (χ2v) is 5.52. The van der Waals surface area contributed by atoms with Gasteiger partial charge in [-0.2, -0.15) is 0 Å². The highest BCUT2D eigenvalue weighted by Gasteiger charge is 2.11. The molecule has 0 radical (unpaired) electrons. The van der Waals surface area contributed by atoms with Crippen molar-refractivity contribution in [2.24, 2.45) is 0 Å². The number of nitrogen functional groups attached to an aromatic ring is 1. The van der Waals surface area contributed by atoms with E-state index in [2.05, 4.69) is 26.2 Å². The molecule has 1 aromatic heterocycles. The number of anilines is 2. The first kappa shape index (κ1) is 15.2. The zero-order valence-electron chi connectivity index (χ0n) is 11.7. The molecule has 6 nitrogen and oxygen atoms in total. The number of hydrogen-bond donors (Lipinski definition) is 2. The fourth-order valence-electron chi connectivity index (χ4n) is 1.90. The Labute approximate surface area is 130 Å². The lowest BCUT2D eigenvalue weighted by molar-refractivity contribution is -0.116. The molecule has 1 aromatic carbocycles. The van der Waals surface area contributed by atoms with Crippen LogP contribution in [0, 0.1) is 13.8 Å². The zero-order chi connectivity index (χ0) is 15.6. The molecule has 0 saturated heterocycles. The maximum atomic E-state index is 12.1. The van der Waals surface area contributed by atoms with Gasteiger partial charge >= 0.3 is 0 Å². The van der Waals surface area contributed by atoms with E-state index in [1.165, 1.54) is 10.8 Å². The van der Waals surface area contributed by atoms with E-state index in [0.717, 1.165) is 5.56 Å². The van der Waals surface area contributed by atoms with E-state index in [-0.39, 0.29) is 18.0 Å². The average molecular weight is 351 g/mol. The van der Waals surface area contributed by atoms with Crippen LogP contribution in [0.1, 0.15) is 11.4 Å². The molecule has 0 saturated carbocycles. The summed E-state index contributed by atoms with van der Waals surface area (Å²) >= 11 is 3.12. The lowest BCUT2D eigenvalue weighted by Crippen LogP contribution is -2.30. The van der Waals surface area contributed by atoms with Crippen LogP contribution in [0.25, 0.3) is 0 Å². The van der Waals surface area contributed by atoms with Crippen LogP contribution >= 0.6 is 15.9 Å². The Hall–Kier alpha value is -2.15. The van der Waals surface area contributed by atoms with Gasteiger partial charge in [0.25, 0.3) is 5.56 Å². The maximum absolute atomic E-state index is 12.1. The normalized spacial score (nSPS) is 10.4. The Morgan fingerprint density at radius 1 is 1.43 bits per heavy atom. The van der Waals surface area contributed by atoms with Crippen molar-refractivity contribution in [2.45, 2.75) is 20.4 Å². The van der Waals surface area contributed by atoms with Crippen molar-refractivity contribution < 1.29 is 4.79 Å². The summed E-state index contributed by atoms with van der Waals surface area (Å²) in [6, 6.07) is 5.21. The van der Waals surface area contributed by atoms with Gasteiger partial charge in [-0.15, -0.1) is 0 Å². The van der Waals surface area contributed by atoms with E-state index in [0.29, 0.717) is 21.7 Å². The Morgan fingerprint density at radius 2 is 2.14 bits per heavy atom. The molecular formula is C14H15BrN4O2. The molecule has 0 fully saturated rings. The van der Waals surface area contributed by atoms with Crippen molar-refractivity contribution >= 4 is 33.2 Å². The third-order valence-electron chi connectivity index (χ3n) is 3.03. The highest BCUT2D eigenvalue weighted by Crippen LogP contribution is 2.17. The third kappa shape index (κ3) is 3.49. The lowest BCUT2D eigenvalue weighted by atomic mass is 10.2. The molecule has 0 atom stereocenters. The van der Waals surface area contributed by atoms with Gasteiger partial charge in [0, 0.05) is 17.6 Å². The number of carbonyl (C=O) groups is 1. The minimum atomic E-state index is -0.298. The number of aryl methyl sites for hydroxylation is 2. The van der Waals surface area contributed by atoms with Gasteiger partial charge in [-0.3, -0.25) is 14.2 Å². The molecule has 2 aromatic rings. The first-order valence-corrected chi connectivity index (χ1v) is 7.05. The van der Waals surface area contributed by atoms with Gasteiger partial charge in [0.05, 0.1) is 0 Å². The molecule has 0 unspecified atom stereocenters. The monoisotopic (exact) mass is 350 g/mol.